The monoisotopic (exact) mass is 323 g/mol. The quantitative estimate of drug-likeness (QED) is 0.551. The van der Waals surface area contributed by atoms with E-state index in [4.69, 9.17) is 9.47 Å². The van der Waals surface area contributed by atoms with Crippen LogP contribution in [0.5, 0.6) is 0 Å². The number of hydrogen-bond acceptors (Lipinski definition) is 4. The molecule has 1 rings (SSSR count). The van der Waals surface area contributed by atoms with Gasteiger partial charge in [-0.2, -0.15) is 0 Å². The number of hydrogen-bond donors (Lipinski definition) is 1. The first-order valence-electron chi connectivity index (χ1n) is 8.29. The summed E-state index contributed by atoms with van der Waals surface area (Å²) in [4.78, 5) is 23.6. The molecule has 0 fully saturated rings. The van der Waals surface area contributed by atoms with Crippen molar-refractivity contribution >= 4 is 11.9 Å². The van der Waals surface area contributed by atoms with E-state index in [2.05, 4.69) is 25.7 Å². The van der Waals surface area contributed by atoms with Gasteiger partial charge in [0.15, 0.2) is 0 Å². The van der Waals surface area contributed by atoms with Crippen LogP contribution in [-0.4, -0.2) is 37.2 Å². The van der Waals surface area contributed by atoms with Crippen LogP contribution < -0.4 is 5.32 Å². The molecule has 1 aliphatic rings. The lowest BCUT2D eigenvalue weighted by molar-refractivity contribution is -0.137. The van der Waals surface area contributed by atoms with Crippen LogP contribution in [-0.2, 0) is 19.1 Å². The Morgan fingerprint density at radius 1 is 1.43 bits per heavy atom. The molecular formula is C18H29NO4. The largest absolute Gasteiger partial charge is 0.466 e. The highest BCUT2D eigenvalue weighted by molar-refractivity contribution is 5.88. The Bertz CT molecular complexity index is 454. The van der Waals surface area contributed by atoms with Gasteiger partial charge in [-0.15, -0.1) is 6.58 Å². The predicted octanol–water partition coefficient (Wildman–Crippen LogP) is 2.76. The molecule has 0 unspecified atom stereocenters. The third kappa shape index (κ3) is 5.50. The van der Waals surface area contributed by atoms with E-state index in [1.807, 2.05) is 12.2 Å². The summed E-state index contributed by atoms with van der Waals surface area (Å²) < 4.78 is 11.0. The Kier molecular flexibility index (Phi) is 8.03. The normalized spacial score (nSPS) is 24.0. The van der Waals surface area contributed by atoms with Gasteiger partial charge in [0.25, 0.3) is 0 Å². The molecule has 0 aromatic carbocycles. The van der Waals surface area contributed by atoms with Gasteiger partial charge in [0.2, 0.25) is 5.91 Å². The topological polar surface area (TPSA) is 64.6 Å². The first kappa shape index (κ1) is 19.4. The highest BCUT2D eigenvalue weighted by atomic mass is 16.5. The van der Waals surface area contributed by atoms with E-state index in [0.717, 1.165) is 12.8 Å². The number of rotatable bonds is 8. The molecule has 0 spiro atoms. The Morgan fingerprint density at radius 2 is 2.09 bits per heavy atom. The molecule has 3 atom stereocenters. The van der Waals surface area contributed by atoms with E-state index in [9.17, 15) is 9.59 Å². The van der Waals surface area contributed by atoms with Crippen LogP contribution in [0.1, 0.15) is 46.5 Å². The minimum Gasteiger partial charge on any atom is -0.466 e. The van der Waals surface area contributed by atoms with Crippen molar-refractivity contribution in [3.05, 3.63) is 24.3 Å². The maximum absolute atomic E-state index is 12.0. The number of methoxy groups -OCH3 is 1. The minimum absolute atomic E-state index is 0.0647. The second kappa shape index (κ2) is 9.50. The average molecular weight is 323 g/mol. The van der Waals surface area contributed by atoms with Crippen molar-refractivity contribution in [3.8, 4) is 0 Å². The lowest BCUT2D eigenvalue weighted by Gasteiger charge is -2.38. The molecule has 0 aromatic heterocycles. The number of esters is 1. The highest BCUT2D eigenvalue weighted by Crippen LogP contribution is 2.31. The van der Waals surface area contributed by atoms with Crippen LogP contribution in [0.2, 0.25) is 0 Å². The number of allylic oxidation sites excluding steroid dienone is 1. The Labute approximate surface area is 139 Å². The van der Waals surface area contributed by atoms with Crippen molar-refractivity contribution in [2.75, 3.05) is 7.11 Å². The smallest absolute Gasteiger partial charge is 0.333 e. The fourth-order valence-electron chi connectivity index (χ4n) is 3.04. The maximum atomic E-state index is 12.0. The number of carbonyl (C=O) groups excluding carboxylic acids is 2. The molecule has 0 aliphatic heterocycles. The van der Waals surface area contributed by atoms with Gasteiger partial charge < -0.3 is 14.8 Å². The molecule has 5 heteroatoms. The zero-order chi connectivity index (χ0) is 17.4. The van der Waals surface area contributed by atoms with Crippen LogP contribution in [0.25, 0.3) is 0 Å². The fraction of sp³-hybridized carbons (Fsp3) is 0.667. The van der Waals surface area contributed by atoms with Gasteiger partial charge in [-0.3, -0.25) is 4.79 Å². The molecule has 23 heavy (non-hydrogen) atoms. The molecule has 1 N–H and O–H groups in total. The molecule has 1 aliphatic carbocycles. The number of nitrogens with one attached hydrogen (secondary N) is 1. The molecule has 5 nitrogen and oxygen atoms in total. The van der Waals surface area contributed by atoms with Crippen molar-refractivity contribution in [2.24, 2.45) is 5.92 Å². The van der Waals surface area contributed by atoms with Gasteiger partial charge in [0.1, 0.15) is 0 Å². The minimum atomic E-state index is -0.336. The molecule has 130 valence electrons. The first-order valence-corrected chi connectivity index (χ1v) is 8.29. The molecule has 0 radical (unpaired) electrons. The van der Waals surface area contributed by atoms with E-state index in [1.54, 1.807) is 0 Å². The second-order valence-corrected chi connectivity index (χ2v) is 5.94. The Hall–Kier alpha value is -1.62. The zero-order valence-electron chi connectivity index (χ0n) is 14.6. The zero-order valence-corrected chi connectivity index (χ0v) is 14.6. The first-order chi connectivity index (χ1) is 11.0. The summed E-state index contributed by atoms with van der Waals surface area (Å²) in [5.74, 6) is -0.370. The van der Waals surface area contributed by atoms with Crippen LogP contribution in [0.3, 0.4) is 0 Å². The van der Waals surface area contributed by atoms with E-state index in [0.29, 0.717) is 18.4 Å². The summed E-state index contributed by atoms with van der Waals surface area (Å²) in [6.45, 7) is 9.42. The third-order valence-electron chi connectivity index (χ3n) is 4.26. The molecule has 1 amide bonds. The lowest BCUT2D eigenvalue weighted by Crippen LogP contribution is -2.51. The average Bonchev–Trinajstić information content (AvgIpc) is 2.53. The van der Waals surface area contributed by atoms with Crippen LogP contribution in [0.4, 0.5) is 0 Å². The maximum Gasteiger partial charge on any atom is 0.333 e. The van der Waals surface area contributed by atoms with Gasteiger partial charge in [0.05, 0.1) is 25.4 Å². The Morgan fingerprint density at radius 3 is 2.57 bits per heavy atom. The SMILES string of the molecule is C=CC[C@H]1CC(C(=O)OC)=C[C@@H](OC(CC)CC)[C@@H]1NC(C)=O. The lowest BCUT2D eigenvalue weighted by atomic mass is 9.80. The molecule has 0 heterocycles. The molecule has 0 bridgehead atoms. The van der Waals surface area contributed by atoms with Crippen molar-refractivity contribution < 1.29 is 19.1 Å². The van der Waals surface area contributed by atoms with Gasteiger partial charge in [-0.25, -0.2) is 4.79 Å². The van der Waals surface area contributed by atoms with Gasteiger partial charge in [-0.1, -0.05) is 19.9 Å². The predicted molar refractivity (Wildman–Crippen MR) is 89.9 cm³/mol. The standard InChI is InChI=1S/C18H29NO4/c1-6-9-13-10-14(18(21)22-5)11-16(17(13)19-12(4)20)23-15(7-2)8-3/h6,11,13,15-17H,1,7-10H2,2-5H3,(H,19,20)/t13-,16+,17+/m0/s1. The summed E-state index contributed by atoms with van der Waals surface area (Å²) in [5.41, 5.74) is 0.608. The number of amides is 1. The molecule has 0 saturated carbocycles. The van der Waals surface area contributed by atoms with Gasteiger partial charge in [0, 0.05) is 12.5 Å². The third-order valence-corrected chi connectivity index (χ3v) is 4.26. The van der Waals surface area contributed by atoms with Crippen molar-refractivity contribution in [1.29, 1.82) is 0 Å². The van der Waals surface area contributed by atoms with Crippen LogP contribution in [0.15, 0.2) is 24.3 Å². The summed E-state index contributed by atoms with van der Waals surface area (Å²) in [5, 5.41) is 2.99. The summed E-state index contributed by atoms with van der Waals surface area (Å²) >= 11 is 0. The van der Waals surface area contributed by atoms with Crippen molar-refractivity contribution in [2.45, 2.75) is 64.7 Å². The van der Waals surface area contributed by atoms with Gasteiger partial charge in [-0.05, 0) is 37.7 Å². The second-order valence-electron chi connectivity index (χ2n) is 5.94. The van der Waals surface area contributed by atoms with Gasteiger partial charge >= 0.3 is 5.97 Å². The molecule has 0 aromatic rings. The van der Waals surface area contributed by atoms with Crippen LogP contribution >= 0.6 is 0 Å². The fourth-order valence-corrected chi connectivity index (χ4v) is 3.04. The number of ether oxygens (including phenoxy) is 2. The van der Waals surface area contributed by atoms with E-state index in [1.165, 1.54) is 14.0 Å². The molecule has 0 saturated heterocycles. The van der Waals surface area contributed by atoms with E-state index in [-0.39, 0.29) is 36.0 Å². The summed E-state index contributed by atoms with van der Waals surface area (Å²) in [7, 11) is 1.38. The van der Waals surface area contributed by atoms with Crippen LogP contribution in [0, 0.1) is 5.92 Å². The number of carbonyl (C=O) groups is 2. The van der Waals surface area contributed by atoms with E-state index < -0.39 is 0 Å². The highest BCUT2D eigenvalue weighted by Gasteiger charge is 2.36. The van der Waals surface area contributed by atoms with E-state index >= 15 is 0 Å². The van der Waals surface area contributed by atoms with Crippen molar-refractivity contribution in [3.63, 3.8) is 0 Å². The Balaban J connectivity index is 3.12. The summed E-state index contributed by atoms with van der Waals surface area (Å²) in [6.07, 6.45) is 6.39. The van der Waals surface area contributed by atoms with Crippen molar-refractivity contribution in [1.82, 2.24) is 5.32 Å². The molecular weight excluding hydrogens is 294 g/mol. The summed E-state index contributed by atoms with van der Waals surface area (Å²) in [6, 6.07) is -0.167.